The Kier molecular flexibility index (Phi) is 3.28. The molecule has 0 radical (unpaired) electrons. The van der Waals surface area contributed by atoms with Gasteiger partial charge in [0.25, 0.3) is 0 Å². The van der Waals surface area contributed by atoms with E-state index in [0.717, 1.165) is 0 Å². The van der Waals surface area contributed by atoms with Crippen molar-refractivity contribution in [3.8, 4) is 0 Å². The second-order valence-electron chi connectivity index (χ2n) is 3.55. The SMILES string of the molecule is CCC1(CC)CC(=O)NC(NC(=O)O)=N1. The van der Waals surface area contributed by atoms with Gasteiger partial charge in [-0.3, -0.25) is 15.4 Å². The van der Waals surface area contributed by atoms with Crippen LogP contribution in [0.1, 0.15) is 33.1 Å². The summed E-state index contributed by atoms with van der Waals surface area (Å²) < 4.78 is 0. The molecule has 1 heterocycles. The lowest BCUT2D eigenvalue weighted by molar-refractivity contribution is -0.121. The maximum absolute atomic E-state index is 11.4. The monoisotopic (exact) mass is 213 g/mol. The molecule has 1 aliphatic rings. The third-order valence-electron chi connectivity index (χ3n) is 2.64. The van der Waals surface area contributed by atoms with Gasteiger partial charge in [0.05, 0.1) is 12.0 Å². The molecular formula is C9H15N3O3. The van der Waals surface area contributed by atoms with E-state index < -0.39 is 11.6 Å². The number of rotatable bonds is 2. The molecule has 0 saturated heterocycles. The standard InChI is InChI=1S/C9H15N3O3/c1-3-9(4-2)5-6(13)10-7(12-9)11-8(14)15/h3-5H2,1-2H3,(H,14,15)(H2,10,11,12,13). The number of carbonyl (C=O) groups is 2. The Bertz CT molecular complexity index is 308. The first-order chi connectivity index (χ1) is 7.01. The fourth-order valence-corrected chi connectivity index (χ4v) is 1.60. The van der Waals surface area contributed by atoms with Crippen LogP contribution < -0.4 is 10.6 Å². The molecule has 1 aliphatic heterocycles. The molecule has 0 spiro atoms. The highest BCUT2D eigenvalue weighted by atomic mass is 16.4. The summed E-state index contributed by atoms with van der Waals surface area (Å²) in [5, 5.41) is 13.0. The number of carboxylic acid groups (broad SMARTS) is 1. The summed E-state index contributed by atoms with van der Waals surface area (Å²) in [7, 11) is 0. The molecule has 0 aromatic carbocycles. The van der Waals surface area contributed by atoms with E-state index in [4.69, 9.17) is 5.11 Å². The van der Waals surface area contributed by atoms with Crippen LogP contribution >= 0.6 is 0 Å². The van der Waals surface area contributed by atoms with Gasteiger partial charge in [-0.25, -0.2) is 9.79 Å². The minimum absolute atomic E-state index is 0.0300. The molecule has 6 heteroatoms. The summed E-state index contributed by atoms with van der Waals surface area (Å²) in [5.74, 6) is -0.167. The topological polar surface area (TPSA) is 90.8 Å². The first-order valence-electron chi connectivity index (χ1n) is 4.91. The maximum atomic E-state index is 11.4. The molecule has 1 rings (SSSR count). The first-order valence-corrected chi connectivity index (χ1v) is 4.91. The molecule has 0 aromatic heterocycles. The number of guanidine groups is 1. The van der Waals surface area contributed by atoms with Gasteiger partial charge in [0.15, 0.2) is 0 Å². The van der Waals surface area contributed by atoms with E-state index >= 15 is 0 Å². The Hall–Kier alpha value is -1.59. The van der Waals surface area contributed by atoms with Crippen LogP contribution in [0.3, 0.4) is 0 Å². The van der Waals surface area contributed by atoms with Crippen LogP contribution in [0, 0.1) is 0 Å². The number of aliphatic imine (C=N–C) groups is 1. The van der Waals surface area contributed by atoms with Gasteiger partial charge in [0, 0.05) is 0 Å². The third-order valence-corrected chi connectivity index (χ3v) is 2.64. The molecule has 0 bridgehead atoms. The molecule has 0 unspecified atom stereocenters. The summed E-state index contributed by atoms with van der Waals surface area (Å²) >= 11 is 0. The number of nitrogens with zero attached hydrogens (tertiary/aromatic N) is 1. The lowest BCUT2D eigenvalue weighted by Gasteiger charge is -2.31. The molecule has 2 amide bonds. The molecule has 0 fully saturated rings. The highest BCUT2D eigenvalue weighted by Crippen LogP contribution is 2.26. The molecule has 0 saturated carbocycles. The van der Waals surface area contributed by atoms with Crippen molar-refractivity contribution in [1.29, 1.82) is 0 Å². The average Bonchev–Trinajstić information content (AvgIpc) is 2.15. The highest BCUT2D eigenvalue weighted by molar-refractivity contribution is 6.04. The summed E-state index contributed by atoms with van der Waals surface area (Å²) in [6.07, 6.45) is 0.505. The van der Waals surface area contributed by atoms with E-state index in [1.54, 1.807) is 0 Å². The van der Waals surface area contributed by atoms with Crippen LogP contribution in [0.25, 0.3) is 0 Å². The lowest BCUT2D eigenvalue weighted by Crippen LogP contribution is -2.51. The summed E-state index contributed by atoms with van der Waals surface area (Å²) in [6, 6.07) is 0. The van der Waals surface area contributed by atoms with Gasteiger partial charge < -0.3 is 5.11 Å². The Morgan fingerprint density at radius 3 is 2.67 bits per heavy atom. The van der Waals surface area contributed by atoms with Gasteiger partial charge in [-0.15, -0.1) is 0 Å². The largest absolute Gasteiger partial charge is 0.465 e. The second kappa shape index (κ2) is 4.29. The fourth-order valence-electron chi connectivity index (χ4n) is 1.60. The van der Waals surface area contributed by atoms with Crippen molar-refractivity contribution in [1.82, 2.24) is 10.6 Å². The Morgan fingerprint density at radius 2 is 2.20 bits per heavy atom. The molecule has 84 valence electrons. The summed E-state index contributed by atoms with van der Waals surface area (Å²) in [6.45, 7) is 3.87. The van der Waals surface area contributed by atoms with Crippen LogP contribution in [-0.2, 0) is 4.79 Å². The van der Waals surface area contributed by atoms with Crippen molar-refractivity contribution in [2.24, 2.45) is 4.99 Å². The van der Waals surface area contributed by atoms with Crippen molar-refractivity contribution in [2.45, 2.75) is 38.6 Å². The van der Waals surface area contributed by atoms with Crippen molar-refractivity contribution >= 4 is 18.0 Å². The van der Waals surface area contributed by atoms with E-state index in [1.165, 1.54) is 0 Å². The zero-order valence-corrected chi connectivity index (χ0v) is 8.83. The quantitative estimate of drug-likeness (QED) is 0.630. The Balaban J connectivity index is 2.91. The van der Waals surface area contributed by atoms with Gasteiger partial charge in [0.2, 0.25) is 11.9 Å². The van der Waals surface area contributed by atoms with E-state index in [-0.39, 0.29) is 11.9 Å². The minimum atomic E-state index is -1.22. The van der Waals surface area contributed by atoms with Gasteiger partial charge >= 0.3 is 6.09 Å². The first kappa shape index (κ1) is 11.5. The maximum Gasteiger partial charge on any atom is 0.411 e. The Morgan fingerprint density at radius 1 is 1.60 bits per heavy atom. The average molecular weight is 213 g/mol. The molecule has 15 heavy (non-hydrogen) atoms. The normalized spacial score (nSPS) is 19.1. The molecule has 0 aliphatic carbocycles. The van der Waals surface area contributed by atoms with Gasteiger partial charge in [-0.05, 0) is 12.8 Å². The Labute approximate surface area is 87.8 Å². The number of carbonyl (C=O) groups excluding carboxylic acids is 1. The molecule has 6 nitrogen and oxygen atoms in total. The van der Waals surface area contributed by atoms with Crippen LogP contribution in [0.15, 0.2) is 4.99 Å². The predicted octanol–water partition coefficient (Wildman–Crippen LogP) is 0.689. The van der Waals surface area contributed by atoms with E-state index in [2.05, 4.69) is 15.6 Å². The number of hydrogen-bond acceptors (Lipinski definition) is 3. The van der Waals surface area contributed by atoms with Crippen molar-refractivity contribution < 1.29 is 14.7 Å². The molecule has 0 atom stereocenters. The van der Waals surface area contributed by atoms with Gasteiger partial charge in [-0.1, -0.05) is 13.8 Å². The van der Waals surface area contributed by atoms with Crippen LogP contribution in [0.2, 0.25) is 0 Å². The lowest BCUT2D eigenvalue weighted by atomic mass is 9.88. The number of amides is 2. The molecular weight excluding hydrogens is 198 g/mol. The summed E-state index contributed by atoms with van der Waals surface area (Å²) in [5.41, 5.74) is -0.458. The van der Waals surface area contributed by atoms with Crippen molar-refractivity contribution in [3.05, 3.63) is 0 Å². The second-order valence-corrected chi connectivity index (χ2v) is 3.55. The molecule has 0 aromatic rings. The zero-order chi connectivity index (χ0) is 11.5. The van der Waals surface area contributed by atoms with Gasteiger partial charge in [-0.2, -0.15) is 0 Å². The van der Waals surface area contributed by atoms with Crippen molar-refractivity contribution in [2.75, 3.05) is 0 Å². The summed E-state index contributed by atoms with van der Waals surface area (Å²) in [4.78, 5) is 26.0. The van der Waals surface area contributed by atoms with Crippen molar-refractivity contribution in [3.63, 3.8) is 0 Å². The molecule has 3 N–H and O–H groups in total. The number of hydrogen-bond donors (Lipinski definition) is 3. The van der Waals surface area contributed by atoms with E-state index in [9.17, 15) is 9.59 Å². The van der Waals surface area contributed by atoms with Crippen LogP contribution in [0.4, 0.5) is 4.79 Å². The number of nitrogens with one attached hydrogen (secondary N) is 2. The predicted molar refractivity (Wildman–Crippen MR) is 54.7 cm³/mol. The van der Waals surface area contributed by atoms with Gasteiger partial charge in [0.1, 0.15) is 0 Å². The third kappa shape index (κ3) is 2.68. The highest BCUT2D eigenvalue weighted by Gasteiger charge is 2.33. The van der Waals surface area contributed by atoms with Crippen LogP contribution in [0.5, 0.6) is 0 Å². The minimum Gasteiger partial charge on any atom is -0.465 e. The van der Waals surface area contributed by atoms with E-state index in [0.29, 0.717) is 19.3 Å². The fraction of sp³-hybridized carbons (Fsp3) is 0.667. The smallest absolute Gasteiger partial charge is 0.411 e. The van der Waals surface area contributed by atoms with E-state index in [1.807, 2.05) is 13.8 Å². The zero-order valence-electron chi connectivity index (χ0n) is 8.83. The van der Waals surface area contributed by atoms with Crippen LogP contribution in [-0.4, -0.2) is 28.6 Å².